The Morgan fingerprint density at radius 1 is 0.643 bits per heavy atom. The summed E-state index contributed by atoms with van der Waals surface area (Å²) < 4.78 is 52.8. The molecular formula is C20H20BNO4S2. The van der Waals surface area contributed by atoms with E-state index >= 15 is 0 Å². The lowest BCUT2D eigenvalue weighted by molar-refractivity contribution is 0.553. The van der Waals surface area contributed by atoms with E-state index in [0.717, 1.165) is 73.6 Å². The van der Waals surface area contributed by atoms with Gasteiger partial charge in [0.05, 0.1) is 9.79 Å². The topological polar surface area (TPSA) is 71.5 Å². The van der Waals surface area contributed by atoms with Gasteiger partial charge in [0.25, 0.3) is 0 Å². The molecule has 0 aromatic heterocycles. The first-order valence-corrected chi connectivity index (χ1v) is 12.6. The summed E-state index contributed by atoms with van der Waals surface area (Å²) in [5.41, 5.74) is 5.31. The molecule has 28 heavy (non-hydrogen) atoms. The van der Waals surface area contributed by atoms with E-state index in [0.29, 0.717) is 11.1 Å². The van der Waals surface area contributed by atoms with Gasteiger partial charge in [-0.2, -0.15) is 0 Å². The van der Waals surface area contributed by atoms with Crippen LogP contribution >= 0.6 is 0 Å². The summed E-state index contributed by atoms with van der Waals surface area (Å²) >= 11 is 0. The van der Waals surface area contributed by atoms with Crippen molar-refractivity contribution in [2.45, 2.75) is 61.2 Å². The van der Waals surface area contributed by atoms with Crippen molar-refractivity contribution in [2.75, 3.05) is 0 Å². The highest BCUT2D eigenvalue weighted by Gasteiger charge is 2.42. The Morgan fingerprint density at radius 2 is 1.04 bits per heavy atom. The van der Waals surface area contributed by atoms with Crippen LogP contribution in [-0.2, 0) is 45.7 Å². The Morgan fingerprint density at radius 3 is 1.46 bits per heavy atom. The van der Waals surface area contributed by atoms with E-state index in [2.05, 4.69) is 0 Å². The molecule has 8 heteroatoms. The molecule has 0 atom stereocenters. The Labute approximate surface area is 167 Å². The lowest BCUT2D eigenvalue weighted by Crippen LogP contribution is -2.33. The van der Waals surface area contributed by atoms with Crippen LogP contribution in [0.15, 0.2) is 34.1 Å². The molecule has 2 radical (unpaired) electrons. The Hall–Kier alpha value is -1.64. The maximum atomic E-state index is 13.2. The van der Waals surface area contributed by atoms with E-state index in [1.165, 1.54) is 0 Å². The second-order valence-electron chi connectivity index (χ2n) is 7.80. The number of rotatable bonds is 0. The minimum Gasteiger partial charge on any atom is -0.207 e. The highest BCUT2D eigenvalue weighted by atomic mass is 32.3. The molecule has 5 nitrogen and oxygen atoms in total. The van der Waals surface area contributed by atoms with Crippen LogP contribution in [0.3, 0.4) is 0 Å². The SMILES string of the molecule is [B]N1S(=O)(=O)c2ccc3c(c2-c2c(ccc4c2CCCC4)S1(=O)=O)CCCC3. The van der Waals surface area contributed by atoms with Crippen LogP contribution in [0, 0.1) is 0 Å². The molecule has 1 aliphatic heterocycles. The van der Waals surface area contributed by atoms with E-state index in [1.807, 2.05) is 12.1 Å². The molecule has 5 rings (SSSR count). The van der Waals surface area contributed by atoms with Gasteiger partial charge in [-0.05, 0) is 85.8 Å². The van der Waals surface area contributed by atoms with Crippen molar-refractivity contribution in [1.82, 2.24) is 3.62 Å². The summed E-state index contributed by atoms with van der Waals surface area (Å²) in [6, 6.07) is 6.74. The number of hydrogen-bond acceptors (Lipinski definition) is 4. The summed E-state index contributed by atoms with van der Waals surface area (Å²) in [6.07, 6.45) is 7.31. The van der Waals surface area contributed by atoms with E-state index in [9.17, 15) is 16.8 Å². The van der Waals surface area contributed by atoms with Gasteiger partial charge in [0, 0.05) is 11.1 Å². The normalized spacial score (nSPS) is 22.3. The van der Waals surface area contributed by atoms with Crippen molar-refractivity contribution < 1.29 is 16.8 Å². The van der Waals surface area contributed by atoms with Crippen LogP contribution in [-0.4, -0.2) is 28.4 Å². The predicted octanol–water partition coefficient (Wildman–Crippen LogP) is 2.89. The lowest BCUT2D eigenvalue weighted by atomic mass is 9.81. The first-order valence-electron chi connectivity index (χ1n) is 9.68. The van der Waals surface area contributed by atoms with Crippen molar-refractivity contribution in [3.05, 3.63) is 46.5 Å². The standard InChI is InChI=1S/C20H20BNO4S2/c21-22-27(23,24)17-11-9-13-5-1-3-7-15(13)19(17)20-16-8-4-2-6-14(16)10-12-18(20)28(22,25)26/h9-12H,1-8H2. The molecule has 0 N–H and O–H groups in total. The van der Waals surface area contributed by atoms with Crippen LogP contribution in [0.1, 0.15) is 47.9 Å². The van der Waals surface area contributed by atoms with Gasteiger partial charge in [0.1, 0.15) is 0 Å². The molecule has 2 aromatic carbocycles. The third kappa shape index (κ3) is 2.41. The fourth-order valence-corrected chi connectivity index (χ4v) is 8.26. The molecule has 144 valence electrons. The molecule has 2 aromatic rings. The maximum Gasteiger partial charge on any atom is 0.245 e. The monoisotopic (exact) mass is 413 g/mol. The molecule has 0 saturated heterocycles. The van der Waals surface area contributed by atoms with Gasteiger partial charge in [-0.3, -0.25) is 0 Å². The number of aryl methyl sites for hydroxylation is 2. The minimum absolute atomic E-state index is 0.0111. The fraction of sp³-hybridized carbons (Fsp3) is 0.400. The first kappa shape index (κ1) is 18.4. The van der Waals surface area contributed by atoms with Gasteiger partial charge in [-0.1, -0.05) is 12.1 Å². The molecule has 0 saturated carbocycles. The number of sulfonamides is 2. The molecule has 0 amide bonds. The smallest absolute Gasteiger partial charge is 0.207 e. The third-order valence-electron chi connectivity index (χ3n) is 6.27. The molecule has 0 bridgehead atoms. The number of nitrogens with zero attached hydrogens (tertiary/aromatic N) is 1. The second kappa shape index (κ2) is 6.18. The first-order chi connectivity index (χ1) is 13.3. The van der Waals surface area contributed by atoms with E-state index in [1.54, 1.807) is 12.1 Å². The zero-order valence-corrected chi connectivity index (χ0v) is 17.1. The third-order valence-corrected chi connectivity index (χ3v) is 10.2. The molecule has 0 fully saturated rings. The van der Waals surface area contributed by atoms with Crippen molar-refractivity contribution in [1.29, 1.82) is 0 Å². The van der Waals surface area contributed by atoms with Crippen LogP contribution in [0.2, 0.25) is 0 Å². The Bertz CT molecular complexity index is 1120. The van der Waals surface area contributed by atoms with Crippen molar-refractivity contribution in [3.63, 3.8) is 0 Å². The number of benzene rings is 2. The van der Waals surface area contributed by atoms with Crippen LogP contribution in [0.5, 0.6) is 0 Å². The average molecular weight is 413 g/mol. The van der Waals surface area contributed by atoms with Crippen molar-refractivity contribution in [3.8, 4) is 11.1 Å². The van der Waals surface area contributed by atoms with Gasteiger partial charge >= 0.3 is 0 Å². The van der Waals surface area contributed by atoms with Crippen LogP contribution < -0.4 is 0 Å². The number of fused-ring (bicyclic) bond motifs is 7. The average Bonchev–Trinajstić information content (AvgIpc) is 2.75. The highest BCUT2D eigenvalue weighted by Crippen LogP contribution is 2.47. The molecule has 0 spiro atoms. The molecular weight excluding hydrogens is 393 g/mol. The van der Waals surface area contributed by atoms with Crippen molar-refractivity contribution in [2.24, 2.45) is 0 Å². The minimum atomic E-state index is -4.37. The van der Waals surface area contributed by atoms with Crippen molar-refractivity contribution >= 4 is 28.0 Å². The molecule has 3 aliphatic rings. The van der Waals surface area contributed by atoms with E-state index in [-0.39, 0.29) is 13.4 Å². The van der Waals surface area contributed by atoms with Crippen LogP contribution in [0.4, 0.5) is 0 Å². The van der Waals surface area contributed by atoms with E-state index in [4.69, 9.17) is 7.98 Å². The summed E-state index contributed by atoms with van der Waals surface area (Å²) in [6.45, 7) is 0. The summed E-state index contributed by atoms with van der Waals surface area (Å²) in [5.74, 6) is 0. The van der Waals surface area contributed by atoms with Gasteiger partial charge in [0.15, 0.2) is 0 Å². The summed E-state index contributed by atoms with van der Waals surface area (Å²) in [7, 11) is -3.01. The van der Waals surface area contributed by atoms with Gasteiger partial charge in [-0.25, -0.2) is 16.8 Å². The Balaban J connectivity index is 2.01. The second-order valence-corrected chi connectivity index (χ2v) is 11.6. The highest BCUT2D eigenvalue weighted by molar-refractivity contribution is 8.05. The molecule has 0 unspecified atom stereocenters. The van der Waals surface area contributed by atoms with Gasteiger partial charge < -0.3 is 0 Å². The van der Waals surface area contributed by atoms with E-state index < -0.39 is 20.0 Å². The Kier molecular flexibility index (Phi) is 4.06. The van der Waals surface area contributed by atoms with Gasteiger partial charge in [-0.15, -0.1) is 3.62 Å². The summed E-state index contributed by atoms with van der Waals surface area (Å²) in [4.78, 5) is 0.0221. The van der Waals surface area contributed by atoms with Gasteiger partial charge in [0.2, 0.25) is 28.0 Å². The molecule has 2 aliphatic carbocycles. The fourth-order valence-electron chi connectivity index (χ4n) is 4.91. The predicted molar refractivity (Wildman–Crippen MR) is 107 cm³/mol. The number of hydrogen-bond donors (Lipinski definition) is 0. The quantitative estimate of drug-likeness (QED) is 0.623. The van der Waals surface area contributed by atoms with Crippen LogP contribution in [0.25, 0.3) is 11.1 Å². The molecule has 1 heterocycles. The largest absolute Gasteiger partial charge is 0.245 e. The maximum absolute atomic E-state index is 13.2. The zero-order chi connectivity index (χ0) is 19.7. The lowest BCUT2D eigenvalue weighted by Gasteiger charge is -2.25. The summed E-state index contributed by atoms with van der Waals surface area (Å²) in [5, 5.41) is 0. The zero-order valence-electron chi connectivity index (χ0n) is 15.4.